The van der Waals surface area contributed by atoms with E-state index in [1.165, 1.54) is 180 Å². The van der Waals surface area contributed by atoms with E-state index in [1.54, 1.807) is 0 Å². The highest BCUT2D eigenvalue weighted by molar-refractivity contribution is 5.73. The molecule has 252 valence electrons. The molecule has 0 fully saturated rings. The largest absolute Gasteiger partial charge is 0.370 e. The summed E-state index contributed by atoms with van der Waals surface area (Å²) in [5.41, 5.74) is 10.3. The topological polar surface area (TPSA) is 133 Å². The SMILES string of the molecule is N.NC(=O)CCCCCCCCCCCCCCCCCNCCCCCCCCCCCCCCCCCC(N)=O. The van der Waals surface area contributed by atoms with E-state index in [0.717, 1.165) is 25.7 Å². The van der Waals surface area contributed by atoms with Gasteiger partial charge in [-0.25, -0.2) is 0 Å². The van der Waals surface area contributed by atoms with Crippen LogP contribution in [0.25, 0.3) is 0 Å². The van der Waals surface area contributed by atoms with Gasteiger partial charge < -0.3 is 22.9 Å². The van der Waals surface area contributed by atoms with E-state index in [0.29, 0.717) is 12.8 Å². The van der Waals surface area contributed by atoms with Crippen LogP contribution in [0.4, 0.5) is 0 Å². The van der Waals surface area contributed by atoms with Crippen molar-refractivity contribution in [2.24, 2.45) is 11.5 Å². The second-order valence-electron chi connectivity index (χ2n) is 12.8. The third-order valence-electron chi connectivity index (χ3n) is 8.55. The number of unbranched alkanes of at least 4 members (excludes halogenated alkanes) is 28. The van der Waals surface area contributed by atoms with Gasteiger partial charge in [0.25, 0.3) is 0 Å². The molecule has 0 atom stereocenters. The third-order valence-corrected chi connectivity index (χ3v) is 8.55. The van der Waals surface area contributed by atoms with Crippen LogP contribution in [0, 0.1) is 0 Å². The molecular formula is C36H76N4O2. The molecule has 0 aromatic carbocycles. The van der Waals surface area contributed by atoms with Crippen LogP contribution in [0.3, 0.4) is 0 Å². The van der Waals surface area contributed by atoms with E-state index >= 15 is 0 Å². The van der Waals surface area contributed by atoms with Crippen molar-refractivity contribution in [2.75, 3.05) is 13.1 Å². The zero-order valence-electron chi connectivity index (χ0n) is 28.2. The number of hydrogen-bond donors (Lipinski definition) is 4. The molecule has 0 unspecified atom stereocenters. The Morgan fingerprint density at radius 3 is 0.667 bits per heavy atom. The van der Waals surface area contributed by atoms with E-state index in [1.807, 2.05) is 0 Å². The quantitative estimate of drug-likeness (QED) is 0.0535. The molecule has 0 bridgehead atoms. The predicted molar refractivity (Wildman–Crippen MR) is 184 cm³/mol. The summed E-state index contributed by atoms with van der Waals surface area (Å²) in [5, 5.41) is 3.66. The molecule has 6 heteroatoms. The highest BCUT2D eigenvalue weighted by atomic mass is 16.1. The third kappa shape index (κ3) is 41.0. The van der Waals surface area contributed by atoms with Crippen LogP contribution in [-0.2, 0) is 9.59 Å². The standard InChI is InChI=1S/C36H73N3O2.H3N/c37-35(40)31-27-23-19-15-11-7-3-1-5-9-13-17-21-25-29-33-39-34-30-26-22-18-14-10-6-2-4-8-12-16-20-24-28-32-36(38)41;/h39H,1-34H2,(H2,37,40)(H2,38,41);1H3. The number of nitrogens with one attached hydrogen (secondary N) is 1. The summed E-state index contributed by atoms with van der Waals surface area (Å²) in [7, 11) is 0. The number of rotatable bonds is 36. The van der Waals surface area contributed by atoms with Gasteiger partial charge in [0.2, 0.25) is 11.8 Å². The van der Waals surface area contributed by atoms with Crippen LogP contribution in [0.1, 0.15) is 205 Å². The first-order chi connectivity index (χ1) is 20.1. The van der Waals surface area contributed by atoms with E-state index < -0.39 is 0 Å². The summed E-state index contributed by atoms with van der Waals surface area (Å²) in [6.45, 7) is 2.42. The van der Waals surface area contributed by atoms with Gasteiger partial charge in [0.15, 0.2) is 0 Å². The van der Waals surface area contributed by atoms with Gasteiger partial charge in [0.1, 0.15) is 0 Å². The van der Waals surface area contributed by atoms with Crippen molar-refractivity contribution < 1.29 is 9.59 Å². The second-order valence-corrected chi connectivity index (χ2v) is 12.8. The molecule has 6 nitrogen and oxygen atoms in total. The minimum absolute atomic E-state index is 0. The number of nitrogens with two attached hydrogens (primary N) is 2. The molecule has 0 aromatic heterocycles. The zero-order valence-corrected chi connectivity index (χ0v) is 28.2. The summed E-state index contributed by atoms with van der Waals surface area (Å²) in [5.74, 6) is -0.310. The predicted octanol–water partition coefficient (Wildman–Crippen LogP) is 10.2. The summed E-state index contributed by atoms with van der Waals surface area (Å²) < 4.78 is 0. The molecule has 0 aliphatic carbocycles. The summed E-state index contributed by atoms with van der Waals surface area (Å²) in [6.07, 6.45) is 41.3. The van der Waals surface area contributed by atoms with Gasteiger partial charge >= 0.3 is 0 Å². The van der Waals surface area contributed by atoms with Crippen molar-refractivity contribution in [2.45, 2.75) is 205 Å². The highest BCUT2D eigenvalue weighted by Gasteiger charge is 1.98. The van der Waals surface area contributed by atoms with E-state index in [2.05, 4.69) is 5.32 Å². The summed E-state index contributed by atoms with van der Waals surface area (Å²) in [4.78, 5) is 21.4. The maximum atomic E-state index is 10.7. The average Bonchev–Trinajstić information content (AvgIpc) is 2.94. The van der Waals surface area contributed by atoms with Gasteiger partial charge in [-0.1, -0.05) is 167 Å². The van der Waals surface area contributed by atoms with Crippen molar-refractivity contribution in [3.05, 3.63) is 0 Å². The molecule has 2 amide bonds. The van der Waals surface area contributed by atoms with Gasteiger partial charge in [-0.15, -0.1) is 0 Å². The van der Waals surface area contributed by atoms with Crippen molar-refractivity contribution in [3.63, 3.8) is 0 Å². The number of hydrogen-bond acceptors (Lipinski definition) is 4. The lowest BCUT2D eigenvalue weighted by atomic mass is 10.0. The van der Waals surface area contributed by atoms with Gasteiger partial charge in [0, 0.05) is 12.8 Å². The fraction of sp³-hybridized carbons (Fsp3) is 0.944. The molecule has 8 N–H and O–H groups in total. The fourth-order valence-corrected chi connectivity index (χ4v) is 5.82. The molecule has 0 spiro atoms. The molecule has 42 heavy (non-hydrogen) atoms. The van der Waals surface area contributed by atoms with E-state index in [-0.39, 0.29) is 18.0 Å². The molecule has 0 saturated heterocycles. The van der Waals surface area contributed by atoms with Gasteiger partial charge in [-0.3, -0.25) is 9.59 Å². The summed E-state index contributed by atoms with van der Waals surface area (Å²) in [6, 6.07) is 0. The van der Waals surface area contributed by atoms with Gasteiger partial charge in [-0.05, 0) is 38.8 Å². The Bertz CT molecular complexity index is 498. The molecule has 0 aliphatic rings. The van der Waals surface area contributed by atoms with Crippen molar-refractivity contribution >= 4 is 11.8 Å². The Labute approximate surface area is 262 Å². The number of primary amides is 2. The maximum absolute atomic E-state index is 10.7. The molecule has 0 aromatic rings. The van der Waals surface area contributed by atoms with Crippen LogP contribution in [0.5, 0.6) is 0 Å². The lowest BCUT2D eigenvalue weighted by Crippen LogP contribution is -2.16. The molecule has 0 heterocycles. The lowest BCUT2D eigenvalue weighted by molar-refractivity contribution is -0.119. The first-order valence-corrected chi connectivity index (χ1v) is 18.4. The fourth-order valence-electron chi connectivity index (χ4n) is 5.82. The molecular weight excluding hydrogens is 520 g/mol. The van der Waals surface area contributed by atoms with Gasteiger partial charge in [-0.2, -0.15) is 0 Å². The molecule has 0 radical (unpaired) electrons. The summed E-state index contributed by atoms with van der Waals surface area (Å²) >= 11 is 0. The van der Waals surface area contributed by atoms with Crippen LogP contribution in [0.15, 0.2) is 0 Å². The smallest absolute Gasteiger partial charge is 0.217 e. The van der Waals surface area contributed by atoms with Crippen LogP contribution in [-0.4, -0.2) is 24.9 Å². The Hall–Kier alpha value is -1.14. The van der Waals surface area contributed by atoms with Crippen molar-refractivity contribution in [3.8, 4) is 0 Å². The normalized spacial score (nSPS) is 11.0. The van der Waals surface area contributed by atoms with E-state index in [4.69, 9.17) is 11.5 Å². The number of carbonyl (C=O) groups is 2. The molecule has 0 rings (SSSR count). The second kappa shape index (κ2) is 37.9. The first kappa shape index (κ1) is 43.0. The molecule has 0 saturated carbocycles. The van der Waals surface area contributed by atoms with Crippen molar-refractivity contribution in [1.29, 1.82) is 0 Å². The zero-order chi connectivity index (χ0) is 29.9. The van der Waals surface area contributed by atoms with Crippen LogP contribution in [0.2, 0.25) is 0 Å². The van der Waals surface area contributed by atoms with E-state index in [9.17, 15) is 9.59 Å². The van der Waals surface area contributed by atoms with Crippen LogP contribution >= 0.6 is 0 Å². The lowest BCUT2D eigenvalue weighted by Gasteiger charge is -2.06. The highest BCUT2D eigenvalue weighted by Crippen LogP contribution is 2.15. The Morgan fingerprint density at radius 1 is 0.310 bits per heavy atom. The van der Waals surface area contributed by atoms with Gasteiger partial charge in [0.05, 0.1) is 0 Å². The van der Waals surface area contributed by atoms with Crippen LogP contribution < -0.4 is 22.9 Å². The number of amides is 2. The number of carbonyl (C=O) groups excluding carboxylic acids is 2. The average molecular weight is 597 g/mol. The Kier molecular flexibility index (Phi) is 38.8. The first-order valence-electron chi connectivity index (χ1n) is 18.4. The molecule has 0 aliphatic heterocycles. The minimum Gasteiger partial charge on any atom is -0.370 e. The maximum Gasteiger partial charge on any atom is 0.217 e. The monoisotopic (exact) mass is 597 g/mol. The minimum atomic E-state index is -0.155. The Balaban J connectivity index is 0. The van der Waals surface area contributed by atoms with Crippen molar-refractivity contribution in [1.82, 2.24) is 11.5 Å². The Morgan fingerprint density at radius 2 is 0.476 bits per heavy atom.